The molecule has 0 aliphatic heterocycles. The first-order valence-electron chi connectivity index (χ1n) is 5.47. The van der Waals surface area contributed by atoms with Gasteiger partial charge in [0.05, 0.1) is 5.56 Å². The molecule has 0 atom stereocenters. The van der Waals surface area contributed by atoms with E-state index in [1.54, 1.807) is 18.2 Å². The minimum atomic E-state index is -0.407. The summed E-state index contributed by atoms with van der Waals surface area (Å²) in [5.41, 5.74) is 3.16. The molecule has 0 bridgehead atoms. The molecule has 0 saturated carbocycles. The number of aryl methyl sites for hydroxylation is 1. The molecule has 2 aromatic carbocycles. The molecule has 0 spiro atoms. The summed E-state index contributed by atoms with van der Waals surface area (Å²) >= 11 is 0. The molecule has 2 rings (SSSR count). The summed E-state index contributed by atoms with van der Waals surface area (Å²) in [6.45, 7) is 2.00. The van der Waals surface area contributed by atoms with Gasteiger partial charge in [0.1, 0.15) is 5.82 Å². The van der Waals surface area contributed by atoms with Gasteiger partial charge in [-0.15, -0.1) is 0 Å². The van der Waals surface area contributed by atoms with Crippen molar-refractivity contribution in [3.63, 3.8) is 0 Å². The third kappa shape index (κ3) is 2.56. The maximum absolute atomic E-state index is 13.7. The first kappa shape index (κ1) is 11.9. The number of benzene rings is 2. The Morgan fingerprint density at radius 2 is 1.67 bits per heavy atom. The zero-order chi connectivity index (χ0) is 13.0. The van der Waals surface area contributed by atoms with Crippen molar-refractivity contribution in [3.8, 4) is 29.0 Å². The maximum atomic E-state index is 13.7. The van der Waals surface area contributed by atoms with Gasteiger partial charge in [-0.3, -0.25) is 0 Å². The third-order valence-electron chi connectivity index (χ3n) is 2.61. The Hall–Kier alpha value is -2.58. The highest BCUT2D eigenvalue weighted by atomic mass is 19.1. The molecule has 2 aromatic rings. The van der Waals surface area contributed by atoms with Crippen LogP contribution >= 0.6 is 0 Å². The Morgan fingerprint density at radius 3 is 2.28 bits per heavy atom. The quantitative estimate of drug-likeness (QED) is 0.692. The molecule has 0 saturated heterocycles. The molecule has 0 aromatic heterocycles. The Kier molecular flexibility index (Phi) is 3.41. The van der Waals surface area contributed by atoms with E-state index in [0.717, 1.165) is 16.7 Å². The maximum Gasteiger partial charge on any atom is 0.152 e. The van der Waals surface area contributed by atoms with Crippen molar-refractivity contribution < 1.29 is 4.39 Å². The molecule has 0 amide bonds. The van der Waals surface area contributed by atoms with Gasteiger partial charge in [0.2, 0.25) is 0 Å². The molecule has 1 nitrogen and oxygen atoms in total. The number of nitrogens with zero attached hydrogens (tertiary/aromatic N) is 1. The van der Waals surface area contributed by atoms with Crippen molar-refractivity contribution in [2.45, 2.75) is 6.92 Å². The van der Waals surface area contributed by atoms with Gasteiger partial charge in [-0.05, 0) is 36.1 Å². The van der Waals surface area contributed by atoms with Crippen LogP contribution in [0.2, 0.25) is 0 Å². The standard InChI is InChI=1S/C16H10FN/c1-12-4-6-13(7-5-12)15-9-8-14(3-2-10-18)16(17)11-15/h4-9,11H,1H3. The molecule has 0 N–H and O–H groups in total. The monoisotopic (exact) mass is 235 g/mol. The van der Waals surface area contributed by atoms with E-state index in [1.165, 1.54) is 6.07 Å². The van der Waals surface area contributed by atoms with Gasteiger partial charge < -0.3 is 0 Å². The molecule has 0 aliphatic carbocycles. The first-order chi connectivity index (χ1) is 8.70. The summed E-state index contributed by atoms with van der Waals surface area (Å²) in [6.07, 6.45) is 0. The summed E-state index contributed by atoms with van der Waals surface area (Å²) in [4.78, 5) is 0. The molecule has 18 heavy (non-hydrogen) atoms. The van der Waals surface area contributed by atoms with Crippen LogP contribution in [0.25, 0.3) is 11.1 Å². The van der Waals surface area contributed by atoms with Crippen LogP contribution in [0.5, 0.6) is 0 Å². The highest BCUT2D eigenvalue weighted by Gasteiger charge is 2.03. The second-order valence-electron chi connectivity index (χ2n) is 3.92. The minimum absolute atomic E-state index is 0.243. The lowest BCUT2D eigenvalue weighted by Crippen LogP contribution is -1.86. The van der Waals surface area contributed by atoms with Crippen molar-refractivity contribution in [3.05, 3.63) is 59.4 Å². The van der Waals surface area contributed by atoms with Gasteiger partial charge >= 0.3 is 0 Å². The summed E-state index contributed by atoms with van der Waals surface area (Å²) in [7, 11) is 0. The van der Waals surface area contributed by atoms with Crippen LogP contribution in [-0.4, -0.2) is 0 Å². The molecule has 0 unspecified atom stereocenters. The van der Waals surface area contributed by atoms with E-state index in [0.29, 0.717) is 0 Å². The van der Waals surface area contributed by atoms with Crippen LogP contribution in [0.4, 0.5) is 4.39 Å². The Labute approximate surface area is 106 Å². The molecule has 0 heterocycles. The van der Waals surface area contributed by atoms with Gasteiger partial charge in [-0.1, -0.05) is 35.9 Å². The van der Waals surface area contributed by atoms with E-state index in [9.17, 15) is 4.39 Å². The van der Waals surface area contributed by atoms with Gasteiger partial charge in [-0.25, -0.2) is 4.39 Å². The largest absolute Gasteiger partial charge is 0.206 e. The molecule has 0 aliphatic rings. The summed E-state index contributed by atoms with van der Waals surface area (Å²) < 4.78 is 13.7. The summed E-state index contributed by atoms with van der Waals surface area (Å²) in [6, 6.07) is 14.4. The Balaban J connectivity index is 2.40. The van der Waals surface area contributed by atoms with Crippen LogP contribution in [0.3, 0.4) is 0 Å². The van der Waals surface area contributed by atoms with Gasteiger partial charge in [0.15, 0.2) is 6.07 Å². The molecule has 86 valence electrons. The van der Waals surface area contributed by atoms with E-state index in [2.05, 4.69) is 11.8 Å². The third-order valence-corrected chi connectivity index (χ3v) is 2.61. The van der Waals surface area contributed by atoms with E-state index in [4.69, 9.17) is 5.26 Å². The number of rotatable bonds is 1. The fourth-order valence-corrected chi connectivity index (χ4v) is 1.64. The van der Waals surface area contributed by atoms with Crippen molar-refractivity contribution in [2.24, 2.45) is 0 Å². The van der Waals surface area contributed by atoms with Crippen molar-refractivity contribution >= 4 is 0 Å². The number of halogens is 1. The normalized spacial score (nSPS) is 9.17. The van der Waals surface area contributed by atoms with E-state index in [1.807, 2.05) is 31.2 Å². The lowest BCUT2D eigenvalue weighted by Gasteiger charge is -2.03. The van der Waals surface area contributed by atoms with E-state index in [-0.39, 0.29) is 5.56 Å². The second-order valence-corrected chi connectivity index (χ2v) is 3.92. The summed E-state index contributed by atoms with van der Waals surface area (Å²) in [5.74, 6) is 4.25. The average molecular weight is 235 g/mol. The van der Waals surface area contributed by atoms with Crippen LogP contribution in [0.1, 0.15) is 11.1 Å². The topological polar surface area (TPSA) is 23.8 Å². The van der Waals surface area contributed by atoms with Crippen molar-refractivity contribution in [1.29, 1.82) is 5.26 Å². The van der Waals surface area contributed by atoms with Crippen LogP contribution < -0.4 is 0 Å². The number of nitriles is 1. The lowest BCUT2D eigenvalue weighted by molar-refractivity contribution is 0.625. The van der Waals surface area contributed by atoms with Crippen LogP contribution in [-0.2, 0) is 0 Å². The zero-order valence-corrected chi connectivity index (χ0v) is 9.87. The molecule has 0 fully saturated rings. The highest BCUT2D eigenvalue weighted by molar-refractivity contribution is 5.65. The average Bonchev–Trinajstić information content (AvgIpc) is 2.38. The lowest BCUT2D eigenvalue weighted by atomic mass is 10.0. The summed E-state index contributed by atoms with van der Waals surface area (Å²) in [5, 5.41) is 8.33. The number of hydrogen-bond acceptors (Lipinski definition) is 1. The van der Waals surface area contributed by atoms with Crippen molar-refractivity contribution in [1.82, 2.24) is 0 Å². The highest BCUT2D eigenvalue weighted by Crippen LogP contribution is 2.22. The predicted octanol–water partition coefficient (Wildman–Crippen LogP) is 3.68. The fourth-order valence-electron chi connectivity index (χ4n) is 1.64. The minimum Gasteiger partial charge on any atom is -0.206 e. The predicted molar refractivity (Wildman–Crippen MR) is 69.1 cm³/mol. The van der Waals surface area contributed by atoms with Gasteiger partial charge in [0, 0.05) is 5.92 Å². The molecular formula is C16H10FN. The van der Waals surface area contributed by atoms with Crippen molar-refractivity contribution in [2.75, 3.05) is 0 Å². The zero-order valence-electron chi connectivity index (χ0n) is 9.87. The Bertz CT molecular complexity index is 667. The van der Waals surface area contributed by atoms with E-state index < -0.39 is 5.82 Å². The fraction of sp³-hybridized carbons (Fsp3) is 0.0625. The molecule has 0 radical (unpaired) electrons. The van der Waals surface area contributed by atoms with E-state index >= 15 is 0 Å². The van der Waals surface area contributed by atoms with Gasteiger partial charge in [-0.2, -0.15) is 5.26 Å². The number of hydrogen-bond donors (Lipinski definition) is 0. The smallest absolute Gasteiger partial charge is 0.152 e. The first-order valence-corrected chi connectivity index (χ1v) is 5.47. The molecular weight excluding hydrogens is 225 g/mol. The van der Waals surface area contributed by atoms with Crippen LogP contribution in [0, 0.1) is 35.9 Å². The van der Waals surface area contributed by atoms with Gasteiger partial charge in [0.25, 0.3) is 0 Å². The second kappa shape index (κ2) is 5.17. The molecule has 2 heteroatoms. The van der Waals surface area contributed by atoms with Crippen LogP contribution in [0.15, 0.2) is 42.5 Å². The Morgan fingerprint density at radius 1 is 1.00 bits per heavy atom. The SMILES string of the molecule is Cc1ccc(-c2ccc(C#CC#N)c(F)c2)cc1.